The van der Waals surface area contributed by atoms with Crippen molar-refractivity contribution in [1.82, 2.24) is 5.43 Å². The van der Waals surface area contributed by atoms with Crippen molar-refractivity contribution < 1.29 is 9.53 Å². The number of hydrazone groups is 1. The molecule has 1 aliphatic carbocycles. The second kappa shape index (κ2) is 7.62. The largest absolute Gasteiger partial charge is 0.497 e. The Kier molecular flexibility index (Phi) is 5.80. The number of nitrogens with zero attached hydrogens (tertiary/aromatic N) is 1. The molecule has 4 heteroatoms. The summed E-state index contributed by atoms with van der Waals surface area (Å²) < 4.78 is 5.11. The van der Waals surface area contributed by atoms with Crippen molar-refractivity contribution in [1.29, 1.82) is 0 Å². The van der Waals surface area contributed by atoms with Gasteiger partial charge in [0, 0.05) is 5.71 Å². The number of rotatable bonds is 4. The van der Waals surface area contributed by atoms with Crippen LogP contribution >= 0.6 is 0 Å². The highest BCUT2D eigenvalue weighted by Gasteiger charge is 2.28. The minimum Gasteiger partial charge on any atom is -0.497 e. The maximum atomic E-state index is 12.0. The van der Waals surface area contributed by atoms with Gasteiger partial charge in [-0.1, -0.05) is 32.9 Å². The fraction of sp³-hybridized carbons (Fsp3) is 0.579. The van der Waals surface area contributed by atoms with E-state index < -0.39 is 0 Å². The minimum absolute atomic E-state index is 0.0689. The monoisotopic (exact) mass is 316 g/mol. The average Bonchev–Trinajstić information content (AvgIpc) is 2.53. The summed E-state index contributed by atoms with van der Waals surface area (Å²) in [5.74, 6) is 1.47. The van der Waals surface area contributed by atoms with E-state index in [0.717, 1.165) is 48.6 Å². The lowest BCUT2D eigenvalue weighted by molar-refractivity contribution is -0.120. The van der Waals surface area contributed by atoms with E-state index in [2.05, 4.69) is 31.3 Å². The first-order valence-electron chi connectivity index (χ1n) is 8.35. The summed E-state index contributed by atoms with van der Waals surface area (Å²) in [6, 6.07) is 7.53. The molecule has 1 aromatic rings. The molecular formula is C19H28N2O2. The molecule has 0 spiro atoms. The van der Waals surface area contributed by atoms with Crippen LogP contribution in [0.3, 0.4) is 0 Å². The Balaban J connectivity index is 1.80. The zero-order chi connectivity index (χ0) is 16.9. The first-order chi connectivity index (χ1) is 10.9. The number of ether oxygens (including phenoxy) is 1. The Morgan fingerprint density at radius 3 is 2.35 bits per heavy atom. The van der Waals surface area contributed by atoms with Crippen LogP contribution in [0.2, 0.25) is 0 Å². The molecule has 4 nitrogen and oxygen atoms in total. The fourth-order valence-electron chi connectivity index (χ4n) is 3.04. The predicted molar refractivity (Wildman–Crippen MR) is 93.7 cm³/mol. The van der Waals surface area contributed by atoms with Gasteiger partial charge in [0.15, 0.2) is 0 Å². The van der Waals surface area contributed by atoms with Gasteiger partial charge in [0.25, 0.3) is 0 Å². The molecule has 0 radical (unpaired) electrons. The first-order valence-corrected chi connectivity index (χ1v) is 8.35. The van der Waals surface area contributed by atoms with Crippen molar-refractivity contribution in [2.45, 2.75) is 52.9 Å². The molecule has 0 unspecified atom stereocenters. The number of carbonyl (C=O) groups excluding carboxylic acids is 1. The third-order valence-corrected chi connectivity index (χ3v) is 4.65. The Morgan fingerprint density at radius 1 is 1.22 bits per heavy atom. The van der Waals surface area contributed by atoms with Crippen molar-refractivity contribution in [3.63, 3.8) is 0 Å². The maximum Gasteiger partial charge on any atom is 0.244 e. The molecular weight excluding hydrogens is 288 g/mol. The van der Waals surface area contributed by atoms with Crippen LogP contribution in [-0.4, -0.2) is 18.7 Å². The quantitative estimate of drug-likeness (QED) is 0.855. The van der Waals surface area contributed by atoms with Gasteiger partial charge in [-0.2, -0.15) is 5.10 Å². The standard InChI is InChI=1S/C19H28N2O2/c1-19(2,3)15-7-9-16(10-8-15)20-21-18(22)13-14-5-11-17(23-4)12-6-14/h5-6,11-12,15H,7-10,13H2,1-4H3,(H,21,22). The smallest absolute Gasteiger partial charge is 0.244 e. The lowest BCUT2D eigenvalue weighted by atomic mass is 9.72. The number of carbonyl (C=O) groups is 1. The van der Waals surface area contributed by atoms with Crippen LogP contribution in [0, 0.1) is 11.3 Å². The predicted octanol–water partition coefficient (Wildman–Crippen LogP) is 3.95. The number of benzene rings is 1. The molecule has 126 valence electrons. The second-order valence-corrected chi connectivity index (χ2v) is 7.38. The van der Waals surface area contributed by atoms with Crippen LogP contribution < -0.4 is 10.2 Å². The van der Waals surface area contributed by atoms with Gasteiger partial charge in [-0.15, -0.1) is 0 Å². The van der Waals surface area contributed by atoms with Gasteiger partial charge >= 0.3 is 0 Å². The molecule has 1 saturated carbocycles. The van der Waals surface area contributed by atoms with Gasteiger partial charge in [0.1, 0.15) is 5.75 Å². The Morgan fingerprint density at radius 2 is 1.83 bits per heavy atom. The average molecular weight is 316 g/mol. The molecule has 1 N–H and O–H groups in total. The summed E-state index contributed by atoms with van der Waals surface area (Å²) in [5, 5.41) is 4.32. The molecule has 0 heterocycles. The van der Waals surface area contributed by atoms with Crippen molar-refractivity contribution in [2.75, 3.05) is 7.11 Å². The zero-order valence-corrected chi connectivity index (χ0v) is 14.7. The third-order valence-electron chi connectivity index (χ3n) is 4.65. The molecule has 23 heavy (non-hydrogen) atoms. The van der Waals surface area contributed by atoms with Crippen LogP contribution in [0.25, 0.3) is 0 Å². The first kappa shape index (κ1) is 17.5. The van der Waals surface area contributed by atoms with Crippen LogP contribution in [-0.2, 0) is 11.2 Å². The Hall–Kier alpha value is -1.84. The van der Waals surface area contributed by atoms with E-state index in [-0.39, 0.29) is 5.91 Å². The van der Waals surface area contributed by atoms with Crippen LogP contribution in [0.15, 0.2) is 29.4 Å². The van der Waals surface area contributed by atoms with E-state index in [0.29, 0.717) is 11.8 Å². The van der Waals surface area contributed by atoms with E-state index in [1.807, 2.05) is 24.3 Å². The number of amides is 1. The van der Waals surface area contributed by atoms with Gasteiger partial charge in [0.05, 0.1) is 13.5 Å². The van der Waals surface area contributed by atoms with E-state index in [4.69, 9.17) is 4.74 Å². The molecule has 0 atom stereocenters. The lowest BCUT2D eigenvalue weighted by Crippen LogP contribution is -2.28. The third kappa shape index (κ3) is 5.38. The Labute approximate surface area is 139 Å². The summed E-state index contributed by atoms with van der Waals surface area (Å²) in [6.45, 7) is 6.91. The highest BCUT2D eigenvalue weighted by atomic mass is 16.5. The summed E-state index contributed by atoms with van der Waals surface area (Å²) >= 11 is 0. The zero-order valence-electron chi connectivity index (χ0n) is 14.7. The topological polar surface area (TPSA) is 50.7 Å². The molecule has 0 saturated heterocycles. The highest BCUT2D eigenvalue weighted by molar-refractivity contribution is 5.87. The maximum absolute atomic E-state index is 12.0. The number of methoxy groups -OCH3 is 1. The van der Waals surface area contributed by atoms with Crippen molar-refractivity contribution in [3.05, 3.63) is 29.8 Å². The van der Waals surface area contributed by atoms with Gasteiger partial charge in [0.2, 0.25) is 5.91 Å². The molecule has 0 aliphatic heterocycles. The van der Waals surface area contributed by atoms with E-state index in [1.165, 1.54) is 0 Å². The van der Waals surface area contributed by atoms with Crippen molar-refractivity contribution >= 4 is 11.6 Å². The van der Waals surface area contributed by atoms with Crippen LogP contribution in [0.4, 0.5) is 0 Å². The van der Waals surface area contributed by atoms with E-state index in [1.54, 1.807) is 7.11 Å². The van der Waals surface area contributed by atoms with Crippen LogP contribution in [0.5, 0.6) is 5.75 Å². The van der Waals surface area contributed by atoms with E-state index >= 15 is 0 Å². The number of hydrogen-bond acceptors (Lipinski definition) is 3. The molecule has 1 fully saturated rings. The fourth-order valence-corrected chi connectivity index (χ4v) is 3.04. The van der Waals surface area contributed by atoms with Gasteiger partial charge in [-0.05, 0) is 54.7 Å². The molecule has 1 aliphatic rings. The van der Waals surface area contributed by atoms with Gasteiger partial charge in [-0.3, -0.25) is 4.79 Å². The normalized spacial score (nSPS) is 18.4. The molecule has 0 aromatic heterocycles. The molecule has 1 amide bonds. The summed E-state index contributed by atoms with van der Waals surface area (Å²) in [4.78, 5) is 12.0. The molecule has 2 rings (SSSR count). The summed E-state index contributed by atoms with van der Waals surface area (Å²) in [6.07, 6.45) is 4.65. The SMILES string of the molecule is COc1ccc(CC(=O)NN=C2CCC(C(C)(C)C)CC2)cc1. The van der Waals surface area contributed by atoms with Crippen molar-refractivity contribution in [3.8, 4) is 5.75 Å². The van der Waals surface area contributed by atoms with Crippen molar-refractivity contribution in [2.24, 2.45) is 16.4 Å². The second-order valence-electron chi connectivity index (χ2n) is 7.38. The molecule has 0 bridgehead atoms. The summed E-state index contributed by atoms with van der Waals surface area (Å²) in [7, 11) is 1.63. The van der Waals surface area contributed by atoms with Gasteiger partial charge in [-0.25, -0.2) is 5.43 Å². The summed E-state index contributed by atoms with van der Waals surface area (Å²) in [5.41, 5.74) is 5.14. The lowest BCUT2D eigenvalue weighted by Gasteiger charge is -2.34. The van der Waals surface area contributed by atoms with Crippen LogP contribution in [0.1, 0.15) is 52.0 Å². The minimum atomic E-state index is -0.0689. The highest BCUT2D eigenvalue weighted by Crippen LogP contribution is 2.36. The van der Waals surface area contributed by atoms with E-state index in [9.17, 15) is 4.79 Å². The number of hydrogen-bond donors (Lipinski definition) is 1. The van der Waals surface area contributed by atoms with Gasteiger partial charge < -0.3 is 4.74 Å². The Bertz CT molecular complexity index is 546. The number of nitrogens with one attached hydrogen (secondary N) is 1. The molecule has 1 aromatic carbocycles.